The molecule has 0 radical (unpaired) electrons. The number of hydrogen-bond acceptors (Lipinski definition) is 6. The molecular weight excluding hydrogens is 286 g/mol. The van der Waals surface area contributed by atoms with Crippen LogP contribution in [0.25, 0.3) is 0 Å². The predicted molar refractivity (Wildman–Crippen MR) is 73.8 cm³/mol. The van der Waals surface area contributed by atoms with E-state index in [1.165, 1.54) is 11.3 Å². The summed E-state index contributed by atoms with van der Waals surface area (Å²) in [5, 5.41) is 6.80. The van der Waals surface area contributed by atoms with Crippen molar-refractivity contribution in [1.82, 2.24) is 15.6 Å². The molecule has 1 aromatic heterocycles. The van der Waals surface area contributed by atoms with Crippen molar-refractivity contribution >= 4 is 27.1 Å². The topological polar surface area (TPSA) is 88.2 Å². The summed E-state index contributed by atoms with van der Waals surface area (Å²) < 4.78 is 22.9. The normalized spacial score (nSPS) is 22.1. The van der Waals surface area contributed by atoms with Crippen molar-refractivity contribution in [3.63, 3.8) is 0 Å². The van der Waals surface area contributed by atoms with Crippen molar-refractivity contribution in [2.45, 2.75) is 25.9 Å². The fourth-order valence-corrected chi connectivity index (χ4v) is 4.15. The number of nitrogens with zero attached hydrogens (tertiary/aromatic N) is 1. The van der Waals surface area contributed by atoms with Gasteiger partial charge in [0.2, 0.25) is 5.91 Å². The lowest BCUT2D eigenvalue weighted by Crippen LogP contribution is -2.47. The van der Waals surface area contributed by atoms with Gasteiger partial charge in [0.05, 0.1) is 23.1 Å². The highest BCUT2D eigenvalue weighted by Crippen LogP contribution is 2.11. The second kappa shape index (κ2) is 5.98. The highest BCUT2D eigenvalue weighted by Gasteiger charge is 2.25. The molecule has 2 heterocycles. The van der Waals surface area contributed by atoms with Gasteiger partial charge in [-0.15, -0.1) is 11.3 Å². The lowest BCUT2D eigenvalue weighted by atomic mass is 10.2. The summed E-state index contributed by atoms with van der Waals surface area (Å²) in [6.45, 7) is 2.78. The van der Waals surface area contributed by atoms with E-state index in [2.05, 4.69) is 15.6 Å². The van der Waals surface area contributed by atoms with E-state index >= 15 is 0 Å². The third kappa shape index (κ3) is 4.55. The second-order valence-corrected chi connectivity index (χ2v) is 8.14. The van der Waals surface area contributed by atoms with Crippen LogP contribution in [0.2, 0.25) is 0 Å². The van der Waals surface area contributed by atoms with Gasteiger partial charge in [-0.2, -0.15) is 0 Å². The number of aromatic nitrogens is 1. The number of rotatable bonds is 4. The Bertz CT molecular complexity index is 553. The highest BCUT2D eigenvalue weighted by atomic mass is 32.2. The van der Waals surface area contributed by atoms with E-state index in [1.807, 2.05) is 6.92 Å². The fraction of sp³-hybridized carbons (Fsp3) is 0.636. The molecule has 0 spiro atoms. The van der Waals surface area contributed by atoms with Gasteiger partial charge in [0.1, 0.15) is 0 Å². The first-order valence-electron chi connectivity index (χ1n) is 6.06. The summed E-state index contributed by atoms with van der Waals surface area (Å²) in [6, 6.07) is -0.276. The fourth-order valence-electron chi connectivity index (χ4n) is 1.97. The smallest absolute Gasteiger partial charge is 0.221 e. The Balaban J connectivity index is 1.78. The molecule has 1 unspecified atom stereocenters. The summed E-state index contributed by atoms with van der Waals surface area (Å²) in [5.41, 5.74) is 0. The summed E-state index contributed by atoms with van der Waals surface area (Å²) in [4.78, 5) is 16.8. The molecule has 2 N–H and O–H groups in total. The number of hydrogen-bond donors (Lipinski definition) is 2. The van der Waals surface area contributed by atoms with E-state index in [-0.39, 0.29) is 29.9 Å². The zero-order chi connectivity index (χ0) is 13.9. The molecule has 1 atom stereocenters. The summed E-state index contributed by atoms with van der Waals surface area (Å²) in [7, 11) is -2.99. The predicted octanol–water partition coefficient (Wildman–Crippen LogP) is -0.156. The van der Waals surface area contributed by atoms with Gasteiger partial charge in [0, 0.05) is 30.1 Å². The number of sulfone groups is 1. The van der Waals surface area contributed by atoms with E-state index in [9.17, 15) is 13.2 Å². The SMILES string of the molecule is Cc1ncc(CNC(=O)CC2CS(=O)(=O)CCN2)s1. The maximum absolute atomic E-state index is 11.7. The lowest BCUT2D eigenvalue weighted by Gasteiger charge is -2.23. The lowest BCUT2D eigenvalue weighted by molar-refractivity contribution is -0.121. The van der Waals surface area contributed by atoms with Crippen LogP contribution in [0.4, 0.5) is 0 Å². The van der Waals surface area contributed by atoms with E-state index in [0.29, 0.717) is 13.1 Å². The first kappa shape index (κ1) is 14.4. The maximum Gasteiger partial charge on any atom is 0.221 e. The van der Waals surface area contributed by atoms with Gasteiger partial charge < -0.3 is 10.6 Å². The highest BCUT2D eigenvalue weighted by molar-refractivity contribution is 7.91. The van der Waals surface area contributed by atoms with Gasteiger partial charge in [-0.3, -0.25) is 4.79 Å². The minimum Gasteiger partial charge on any atom is -0.351 e. The monoisotopic (exact) mass is 303 g/mol. The molecule has 1 amide bonds. The molecule has 1 fully saturated rings. The molecule has 8 heteroatoms. The molecule has 1 aliphatic heterocycles. The Labute approximate surface area is 116 Å². The van der Waals surface area contributed by atoms with Crippen LogP contribution in [0, 0.1) is 6.92 Å². The van der Waals surface area contributed by atoms with Crippen molar-refractivity contribution < 1.29 is 13.2 Å². The van der Waals surface area contributed by atoms with Gasteiger partial charge >= 0.3 is 0 Å². The largest absolute Gasteiger partial charge is 0.351 e. The number of nitrogens with one attached hydrogen (secondary N) is 2. The van der Waals surface area contributed by atoms with Crippen molar-refractivity contribution in [3.05, 3.63) is 16.1 Å². The van der Waals surface area contributed by atoms with Crippen molar-refractivity contribution in [3.8, 4) is 0 Å². The molecule has 2 rings (SSSR count). The molecule has 1 aliphatic rings. The standard InChI is InChI=1S/C11H17N3O3S2/c1-8-13-5-10(18-8)6-14-11(15)4-9-7-19(16,17)3-2-12-9/h5,9,12H,2-4,6-7H2,1H3,(H,14,15). The molecular formula is C11H17N3O3S2. The van der Waals surface area contributed by atoms with E-state index < -0.39 is 9.84 Å². The average molecular weight is 303 g/mol. The first-order valence-corrected chi connectivity index (χ1v) is 8.70. The Hall–Kier alpha value is -0.990. The second-order valence-electron chi connectivity index (χ2n) is 4.59. The van der Waals surface area contributed by atoms with Crippen LogP contribution in [-0.4, -0.2) is 43.4 Å². The molecule has 6 nitrogen and oxygen atoms in total. The van der Waals surface area contributed by atoms with Gasteiger partial charge in [0.15, 0.2) is 9.84 Å². The zero-order valence-electron chi connectivity index (χ0n) is 10.7. The molecule has 0 aliphatic carbocycles. The van der Waals surface area contributed by atoms with E-state index in [1.54, 1.807) is 6.20 Å². The number of carbonyl (C=O) groups excluding carboxylic acids is 1. The molecule has 0 bridgehead atoms. The average Bonchev–Trinajstić information content (AvgIpc) is 2.71. The maximum atomic E-state index is 11.7. The molecule has 106 valence electrons. The van der Waals surface area contributed by atoms with Crippen molar-refractivity contribution in [2.75, 3.05) is 18.1 Å². The van der Waals surface area contributed by atoms with Crippen LogP contribution in [0.5, 0.6) is 0 Å². The zero-order valence-corrected chi connectivity index (χ0v) is 12.3. The van der Waals surface area contributed by atoms with E-state index in [4.69, 9.17) is 0 Å². The Morgan fingerprint density at radius 2 is 2.42 bits per heavy atom. The Kier molecular flexibility index (Phi) is 4.54. The van der Waals surface area contributed by atoms with Gasteiger partial charge in [-0.25, -0.2) is 13.4 Å². The minimum absolute atomic E-state index is 0.0418. The van der Waals surface area contributed by atoms with Crippen LogP contribution >= 0.6 is 11.3 Å². The summed E-state index contributed by atoms with van der Waals surface area (Å²) in [5.74, 6) is 0.0615. The van der Waals surface area contributed by atoms with Gasteiger partial charge in [0.25, 0.3) is 0 Å². The Morgan fingerprint density at radius 3 is 3.05 bits per heavy atom. The van der Waals surface area contributed by atoms with Gasteiger partial charge in [-0.05, 0) is 6.92 Å². The Morgan fingerprint density at radius 1 is 1.63 bits per heavy atom. The molecule has 0 saturated carbocycles. The first-order chi connectivity index (χ1) is 8.94. The number of carbonyl (C=O) groups is 1. The van der Waals surface area contributed by atoms with Gasteiger partial charge in [-0.1, -0.05) is 0 Å². The summed E-state index contributed by atoms with van der Waals surface area (Å²) >= 11 is 1.54. The molecule has 1 saturated heterocycles. The quantitative estimate of drug-likeness (QED) is 0.807. The summed E-state index contributed by atoms with van der Waals surface area (Å²) in [6.07, 6.45) is 1.93. The van der Waals surface area contributed by atoms with E-state index in [0.717, 1.165) is 9.88 Å². The number of amides is 1. The third-order valence-corrected chi connectivity index (χ3v) is 5.51. The number of aryl methyl sites for hydroxylation is 1. The van der Waals surface area contributed by atoms with Crippen LogP contribution in [0.3, 0.4) is 0 Å². The van der Waals surface area contributed by atoms with Crippen LogP contribution in [0.15, 0.2) is 6.20 Å². The molecule has 19 heavy (non-hydrogen) atoms. The molecule has 1 aromatic rings. The van der Waals surface area contributed by atoms with Crippen LogP contribution < -0.4 is 10.6 Å². The van der Waals surface area contributed by atoms with Crippen molar-refractivity contribution in [2.24, 2.45) is 0 Å². The third-order valence-electron chi connectivity index (χ3n) is 2.86. The minimum atomic E-state index is -2.99. The molecule has 0 aromatic carbocycles. The van der Waals surface area contributed by atoms with Crippen LogP contribution in [-0.2, 0) is 21.2 Å². The number of thiazole rings is 1. The van der Waals surface area contributed by atoms with Crippen molar-refractivity contribution in [1.29, 1.82) is 0 Å². The van der Waals surface area contributed by atoms with Crippen LogP contribution in [0.1, 0.15) is 16.3 Å².